The normalized spacial score (nSPS) is 12.1. The van der Waals surface area contributed by atoms with Gasteiger partial charge in [0.05, 0.1) is 5.56 Å². The quantitative estimate of drug-likeness (QED) is 0.809. The molecule has 0 saturated carbocycles. The molecule has 2 aromatic rings. The number of hydrogen-bond donors (Lipinski definition) is 2. The number of pyridine rings is 1. The molecule has 0 bridgehead atoms. The van der Waals surface area contributed by atoms with E-state index in [0.717, 1.165) is 0 Å². The van der Waals surface area contributed by atoms with Crippen LogP contribution in [0.15, 0.2) is 28.9 Å². The van der Waals surface area contributed by atoms with Crippen LogP contribution in [-0.2, 0) is 0 Å². The van der Waals surface area contributed by atoms with E-state index < -0.39 is 0 Å². The van der Waals surface area contributed by atoms with Crippen molar-refractivity contribution in [1.29, 1.82) is 0 Å². The summed E-state index contributed by atoms with van der Waals surface area (Å²) in [6.07, 6.45) is 3.09. The van der Waals surface area contributed by atoms with Crippen LogP contribution in [0.3, 0.4) is 0 Å². The molecule has 2 aromatic heterocycles. The summed E-state index contributed by atoms with van der Waals surface area (Å²) < 4.78 is 5.10. The largest absolute Gasteiger partial charge is 0.412 e. The lowest BCUT2D eigenvalue weighted by Gasteiger charge is -2.09. The van der Waals surface area contributed by atoms with Crippen molar-refractivity contribution in [2.45, 2.75) is 13.0 Å². The third-order valence-electron chi connectivity index (χ3n) is 2.10. The smallest absolute Gasteiger partial charge is 0.284 e. The second-order valence-electron chi connectivity index (χ2n) is 3.39. The second-order valence-corrected chi connectivity index (χ2v) is 3.76. The van der Waals surface area contributed by atoms with Gasteiger partial charge in [0.1, 0.15) is 6.04 Å². The number of nitrogens with one attached hydrogen (secondary N) is 2. The van der Waals surface area contributed by atoms with Crippen LogP contribution in [0.1, 0.15) is 29.2 Å². The van der Waals surface area contributed by atoms with Crippen LogP contribution in [0.2, 0.25) is 0 Å². The molecular weight excluding hydrogens is 240 g/mol. The Balaban J connectivity index is 2.07. The van der Waals surface area contributed by atoms with Gasteiger partial charge in [0.25, 0.3) is 10.7 Å². The predicted molar refractivity (Wildman–Crippen MR) is 61.8 cm³/mol. The van der Waals surface area contributed by atoms with E-state index in [-0.39, 0.29) is 16.8 Å². The molecule has 2 N–H and O–H groups in total. The van der Waals surface area contributed by atoms with Crippen molar-refractivity contribution in [1.82, 2.24) is 20.5 Å². The van der Waals surface area contributed by atoms with Gasteiger partial charge < -0.3 is 9.73 Å². The molecule has 2 rings (SSSR count). The monoisotopic (exact) mass is 250 g/mol. The molecule has 0 spiro atoms. The summed E-state index contributed by atoms with van der Waals surface area (Å²) in [4.78, 5) is 15.8. The maximum absolute atomic E-state index is 11.8. The number of amides is 1. The average molecular weight is 250 g/mol. The SMILES string of the molecule is C[C@H](NC(=O)c1cccnc1)c1n[nH]c(=S)o1. The number of hydrogen-bond acceptors (Lipinski definition) is 5. The fourth-order valence-electron chi connectivity index (χ4n) is 1.27. The molecule has 7 heteroatoms. The lowest BCUT2D eigenvalue weighted by molar-refractivity contribution is 0.0933. The van der Waals surface area contributed by atoms with Crippen LogP contribution in [0.5, 0.6) is 0 Å². The maximum Gasteiger partial charge on any atom is 0.284 e. The van der Waals surface area contributed by atoms with E-state index in [1.54, 1.807) is 25.3 Å². The Morgan fingerprint density at radius 2 is 2.47 bits per heavy atom. The average Bonchev–Trinajstić information content (AvgIpc) is 2.77. The van der Waals surface area contributed by atoms with Gasteiger partial charge in [-0.2, -0.15) is 0 Å². The predicted octanol–water partition coefficient (Wildman–Crippen LogP) is 1.62. The van der Waals surface area contributed by atoms with Crippen molar-refractivity contribution in [3.8, 4) is 0 Å². The van der Waals surface area contributed by atoms with Crippen LogP contribution in [0.25, 0.3) is 0 Å². The van der Waals surface area contributed by atoms with Crippen LogP contribution in [0, 0.1) is 4.84 Å². The van der Waals surface area contributed by atoms with Crippen molar-refractivity contribution >= 4 is 18.1 Å². The highest BCUT2D eigenvalue weighted by Gasteiger charge is 2.15. The lowest BCUT2D eigenvalue weighted by atomic mass is 10.2. The number of nitrogens with zero attached hydrogens (tertiary/aromatic N) is 2. The minimum atomic E-state index is -0.365. The zero-order valence-electron chi connectivity index (χ0n) is 9.01. The standard InChI is InChI=1S/C10H10N4O2S/c1-6(9-13-14-10(17)16-9)12-8(15)7-3-2-4-11-5-7/h2-6H,1H3,(H,12,15)(H,14,17)/t6-/m0/s1. The fourth-order valence-corrected chi connectivity index (χ4v) is 1.40. The third kappa shape index (κ3) is 2.76. The van der Waals surface area contributed by atoms with E-state index in [4.69, 9.17) is 16.6 Å². The van der Waals surface area contributed by atoms with Gasteiger partial charge in [-0.15, -0.1) is 5.10 Å². The molecule has 0 aliphatic heterocycles. The Labute approximate surface area is 102 Å². The van der Waals surface area contributed by atoms with Crippen molar-refractivity contribution in [2.24, 2.45) is 0 Å². The van der Waals surface area contributed by atoms with Gasteiger partial charge in [0, 0.05) is 12.4 Å². The first-order valence-corrected chi connectivity index (χ1v) is 5.34. The first kappa shape index (κ1) is 11.5. The van der Waals surface area contributed by atoms with E-state index >= 15 is 0 Å². The molecule has 0 fully saturated rings. The topological polar surface area (TPSA) is 83.8 Å². The Hall–Kier alpha value is -2.02. The number of rotatable bonds is 3. The molecule has 0 saturated heterocycles. The molecule has 6 nitrogen and oxygen atoms in total. The fraction of sp³-hybridized carbons (Fsp3) is 0.200. The number of aromatic nitrogens is 3. The minimum absolute atomic E-state index is 0.183. The van der Waals surface area contributed by atoms with Crippen LogP contribution in [0.4, 0.5) is 0 Å². The zero-order chi connectivity index (χ0) is 12.3. The van der Waals surface area contributed by atoms with Crippen molar-refractivity contribution in [3.05, 3.63) is 40.8 Å². The molecule has 0 radical (unpaired) electrons. The molecule has 2 heterocycles. The summed E-state index contributed by atoms with van der Waals surface area (Å²) in [5.41, 5.74) is 0.480. The van der Waals surface area contributed by atoms with E-state index in [1.807, 2.05) is 0 Å². The summed E-state index contributed by atoms with van der Waals surface area (Å²) in [5.74, 6) is 0.0990. The molecule has 0 aliphatic rings. The molecular formula is C10H10N4O2S. The lowest BCUT2D eigenvalue weighted by Crippen LogP contribution is -2.26. The molecule has 0 unspecified atom stereocenters. The Bertz CT molecular complexity index is 563. The van der Waals surface area contributed by atoms with Gasteiger partial charge in [0.15, 0.2) is 0 Å². The third-order valence-corrected chi connectivity index (χ3v) is 2.27. The van der Waals surface area contributed by atoms with Gasteiger partial charge in [-0.25, -0.2) is 5.10 Å². The van der Waals surface area contributed by atoms with Gasteiger partial charge in [0.2, 0.25) is 5.89 Å². The number of aromatic amines is 1. The molecule has 0 aromatic carbocycles. The van der Waals surface area contributed by atoms with E-state index in [1.165, 1.54) is 6.20 Å². The Morgan fingerprint density at radius 1 is 1.65 bits per heavy atom. The second kappa shape index (κ2) is 4.88. The molecule has 88 valence electrons. The Kier molecular flexibility index (Phi) is 3.29. The summed E-state index contributed by atoms with van der Waals surface area (Å²) in [6.45, 7) is 1.75. The van der Waals surface area contributed by atoms with Crippen molar-refractivity contribution in [3.63, 3.8) is 0 Å². The maximum atomic E-state index is 11.8. The van der Waals surface area contributed by atoms with Crippen molar-refractivity contribution in [2.75, 3.05) is 0 Å². The first-order chi connectivity index (χ1) is 8.16. The summed E-state index contributed by atoms with van der Waals surface area (Å²) in [7, 11) is 0. The number of H-pyrrole nitrogens is 1. The summed E-state index contributed by atoms with van der Waals surface area (Å²) >= 11 is 4.75. The summed E-state index contributed by atoms with van der Waals surface area (Å²) in [6, 6.07) is 3.01. The van der Waals surface area contributed by atoms with Gasteiger partial charge in [-0.3, -0.25) is 9.78 Å². The van der Waals surface area contributed by atoms with Crippen molar-refractivity contribution < 1.29 is 9.21 Å². The van der Waals surface area contributed by atoms with E-state index in [9.17, 15) is 4.79 Å². The van der Waals surface area contributed by atoms with Crippen LogP contribution in [-0.4, -0.2) is 21.1 Å². The van der Waals surface area contributed by atoms with E-state index in [2.05, 4.69) is 20.5 Å². The van der Waals surface area contributed by atoms with Crippen LogP contribution < -0.4 is 5.32 Å². The Morgan fingerprint density at radius 3 is 3.06 bits per heavy atom. The summed E-state index contributed by atoms with van der Waals surface area (Å²) in [5, 5.41) is 9.06. The molecule has 17 heavy (non-hydrogen) atoms. The highest BCUT2D eigenvalue weighted by atomic mass is 32.1. The minimum Gasteiger partial charge on any atom is -0.412 e. The molecule has 0 aliphatic carbocycles. The highest BCUT2D eigenvalue weighted by Crippen LogP contribution is 2.09. The van der Waals surface area contributed by atoms with Gasteiger partial charge >= 0.3 is 0 Å². The highest BCUT2D eigenvalue weighted by molar-refractivity contribution is 7.71. The van der Waals surface area contributed by atoms with E-state index in [0.29, 0.717) is 11.5 Å². The number of carbonyl (C=O) groups is 1. The zero-order valence-corrected chi connectivity index (χ0v) is 9.82. The van der Waals surface area contributed by atoms with Gasteiger partial charge in [-0.05, 0) is 31.3 Å². The van der Waals surface area contributed by atoms with Gasteiger partial charge in [-0.1, -0.05) is 0 Å². The van der Waals surface area contributed by atoms with Crippen LogP contribution >= 0.6 is 12.2 Å². The molecule has 1 atom stereocenters. The first-order valence-electron chi connectivity index (χ1n) is 4.93. The number of carbonyl (C=O) groups excluding carboxylic acids is 1. The molecule has 1 amide bonds.